The largest absolute Gasteiger partial charge is 0.379 e. The van der Waals surface area contributed by atoms with Crippen molar-refractivity contribution in [1.82, 2.24) is 20.4 Å². The van der Waals surface area contributed by atoms with E-state index in [0.717, 1.165) is 70.2 Å². The van der Waals surface area contributed by atoms with E-state index < -0.39 is 0 Å². The van der Waals surface area contributed by atoms with Gasteiger partial charge in [-0.25, -0.2) is 4.68 Å². The molecular weight excluding hydrogens is 366 g/mol. The van der Waals surface area contributed by atoms with Crippen molar-refractivity contribution in [1.29, 1.82) is 0 Å². The maximum Gasteiger partial charge on any atom is 0.191 e. The number of rotatable bonds is 11. The Kier molecular flexibility index (Phi) is 9.00. The van der Waals surface area contributed by atoms with Crippen molar-refractivity contribution in [3.63, 3.8) is 0 Å². The molecule has 158 valence electrons. The third-order valence-corrected chi connectivity index (χ3v) is 4.75. The summed E-state index contributed by atoms with van der Waals surface area (Å²) in [5.41, 5.74) is 2.27. The SMILES string of the molecule is CCNC(=NCCCOCC1CCCO1)NCCc1cnn(-c2ccccc2)c1. The molecule has 2 heterocycles. The van der Waals surface area contributed by atoms with Crippen LogP contribution < -0.4 is 10.6 Å². The number of hydrogen-bond acceptors (Lipinski definition) is 4. The molecule has 7 heteroatoms. The normalized spacial score (nSPS) is 16.9. The molecule has 0 bridgehead atoms. The molecule has 0 radical (unpaired) electrons. The molecule has 1 aromatic heterocycles. The van der Waals surface area contributed by atoms with Crippen molar-refractivity contribution in [2.75, 3.05) is 39.5 Å². The lowest BCUT2D eigenvalue weighted by Crippen LogP contribution is -2.38. The van der Waals surface area contributed by atoms with Crippen LogP contribution in [0.4, 0.5) is 0 Å². The first kappa shape index (κ1) is 21.3. The Morgan fingerprint density at radius 2 is 2.21 bits per heavy atom. The van der Waals surface area contributed by atoms with Gasteiger partial charge in [-0.05, 0) is 50.3 Å². The molecule has 29 heavy (non-hydrogen) atoms. The molecule has 1 aromatic carbocycles. The van der Waals surface area contributed by atoms with E-state index in [1.165, 1.54) is 5.56 Å². The Bertz CT molecular complexity index is 726. The van der Waals surface area contributed by atoms with Crippen LogP contribution in [0, 0.1) is 0 Å². The van der Waals surface area contributed by atoms with E-state index in [9.17, 15) is 0 Å². The summed E-state index contributed by atoms with van der Waals surface area (Å²) in [6.07, 6.45) is 8.37. The summed E-state index contributed by atoms with van der Waals surface area (Å²) in [6, 6.07) is 10.1. The number of benzene rings is 1. The highest BCUT2D eigenvalue weighted by molar-refractivity contribution is 5.79. The number of nitrogens with one attached hydrogen (secondary N) is 2. The van der Waals surface area contributed by atoms with Crippen molar-refractivity contribution < 1.29 is 9.47 Å². The Hall–Kier alpha value is -2.38. The topological polar surface area (TPSA) is 72.7 Å². The fourth-order valence-corrected chi connectivity index (χ4v) is 3.23. The minimum atomic E-state index is 0.295. The number of guanidine groups is 1. The Morgan fingerprint density at radius 1 is 1.31 bits per heavy atom. The van der Waals surface area contributed by atoms with Gasteiger partial charge in [-0.15, -0.1) is 0 Å². The van der Waals surface area contributed by atoms with Crippen molar-refractivity contribution >= 4 is 5.96 Å². The number of aromatic nitrogens is 2. The molecule has 1 unspecified atom stereocenters. The molecule has 1 saturated heterocycles. The van der Waals surface area contributed by atoms with E-state index in [1.54, 1.807) is 0 Å². The van der Waals surface area contributed by atoms with E-state index in [4.69, 9.17) is 9.47 Å². The van der Waals surface area contributed by atoms with Crippen molar-refractivity contribution in [2.45, 2.75) is 38.7 Å². The molecule has 1 atom stereocenters. The average molecular weight is 400 g/mol. The molecule has 1 aliphatic rings. The van der Waals surface area contributed by atoms with Gasteiger partial charge in [0, 0.05) is 39.0 Å². The quantitative estimate of drug-likeness (QED) is 0.345. The van der Waals surface area contributed by atoms with E-state index in [1.807, 2.05) is 29.1 Å². The van der Waals surface area contributed by atoms with E-state index >= 15 is 0 Å². The first-order valence-electron chi connectivity index (χ1n) is 10.7. The minimum Gasteiger partial charge on any atom is -0.379 e. The summed E-state index contributed by atoms with van der Waals surface area (Å²) in [5.74, 6) is 0.849. The van der Waals surface area contributed by atoms with Crippen LogP contribution in [0.15, 0.2) is 47.7 Å². The predicted molar refractivity (Wildman–Crippen MR) is 116 cm³/mol. The van der Waals surface area contributed by atoms with E-state index in [0.29, 0.717) is 12.7 Å². The lowest BCUT2D eigenvalue weighted by Gasteiger charge is -2.11. The van der Waals surface area contributed by atoms with E-state index in [2.05, 4.69) is 46.0 Å². The number of ether oxygens (including phenoxy) is 2. The van der Waals surface area contributed by atoms with Crippen LogP contribution in [-0.2, 0) is 15.9 Å². The van der Waals surface area contributed by atoms with Gasteiger partial charge < -0.3 is 20.1 Å². The average Bonchev–Trinajstić information content (AvgIpc) is 3.43. The summed E-state index contributed by atoms with van der Waals surface area (Å²) >= 11 is 0. The van der Waals surface area contributed by atoms with Crippen LogP contribution in [0.1, 0.15) is 31.7 Å². The molecule has 0 aliphatic carbocycles. The number of aliphatic imine (C=N–C) groups is 1. The lowest BCUT2D eigenvalue weighted by atomic mass is 10.2. The van der Waals surface area contributed by atoms with Gasteiger partial charge in [-0.1, -0.05) is 18.2 Å². The van der Waals surface area contributed by atoms with Crippen LogP contribution in [0.3, 0.4) is 0 Å². The molecule has 2 aromatic rings. The predicted octanol–water partition coefficient (Wildman–Crippen LogP) is 2.56. The van der Waals surface area contributed by atoms with Crippen LogP contribution in [0.2, 0.25) is 0 Å². The van der Waals surface area contributed by atoms with Gasteiger partial charge in [0.15, 0.2) is 5.96 Å². The molecule has 7 nitrogen and oxygen atoms in total. The maximum atomic E-state index is 5.69. The molecule has 0 saturated carbocycles. The molecule has 3 rings (SSSR count). The van der Waals surface area contributed by atoms with Gasteiger partial charge in [0.05, 0.1) is 24.6 Å². The van der Waals surface area contributed by atoms with Gasteiger partial charge in [-0.3, -0.25) is 4.99 Å². The third kappa shape index (κ3) is 7.51. The minimum absolute atomic E-state index is 0.295. The smallest absolute Gasteiger partial charge is 0.191 e. The fraction of sp³-hybridized carbons (Fsp3) is 0.545. The summed E-state index contributed by atoms with van der Waals surface area (Å²) in [7, 11) is 0. The van der Waals surface area contributed by atoms with Gasteiger partial charge in [0.1, 0.15) is 0 Å². The van der Waals surface area contributed by atoms with Gasteiger partial charge in [-0.2, -0.15) is 5.10 Å². The summed E-state index contributed by atoms with van der Waals surface area (Å²) in [4.78, 5) is 4.63. The number of nitrogens with zero attached hydrogens (tertiary/aromatic N) is 3. The standard InChI is InChI=1S/C22H33N5O2/c1-2-23-22(24-12-7-14-28-18-21-10-6-15-29-21)25-13-11-19-16-26-27(17-19)20-8-4-3-5-9-20/h3-5,8-9,16-17,21H,2,6-7,10-15,18H2,1H3,(H2,23,24,25). The zero-order valence-electron chi connectivity index (χ0n) is 17.3. The van der Waals surface area contributed by atoms with Crippen LogP contribution >= 0.6 is 0 Å². The summed E-state index contributed by atoms with van der Waals surface area (Å²) in [6.45, 7) is 6.77. The summed E-state index contributed by atoms with van der Waals surface area (Å²) < 4.78 is 13.2. The van der Waals surface area contributed by atoms with Crippen LogP contribution in [-0.4, -0.2) is 61.3 Å². The van der Waals surface area contributed by atoms with E-state index in [-0.39, 0.29) is 0 Å². The first-order valence-corrected chi connectivity index (χ1v) is 10.7. The lowest BCUT2D eigenvalue weighted by molar-refractivity contribution is 0.0171. The van der Waals surface area contributed by atoms with Crippen molar-refractivity contribution in [3.8, 4) is 5.69 Å². The second kappa shape index (κ2) is 12.2. The summed E-state index contributed by atoms with van der Waals surface area (Å²) in [5, 5.41) is 11.1. The highest BCUT2D eigenvalue weighted by Crippen LogP contribution is 2.12. The Labute approximate surface area is 173 Å². The van der Waals surface area contributed by atoms with Gasteiger partial charge >= 0.3 is 0 Å². The first-order chi connectivity index (χ1) is 14.3. The third-order valence-electron chi connectivity index (χ3n) is 4.75. The molecule has 1 fully saturated rings. The van der Waals surface area contributed by atoms with Crippen LogP contribution in [0.5, 0.6) is 0 Å². The molecule has 0 amide bonds. The Balaban J connectivity index is 1.34. The zero-order valence-corrected chi connectivity index (χ0v) is 17.3. The molecule has 1 aliphatic heterocycles. The van der Waals surface area contributed by atoms with Gasteiger partial charge in [0.25, 0.3) is 0 Å². The van der Waals surface area contributed by atoms with Crippen LogP contribution in [0.25, 0.3) is 5.69 Å². The Morgan fingerprint density at radius 3 is 3.00 bits per heavy atom. The molecule has 2 N–H and O–H groups in total. The second-order valence-corrected chi connectivity index (χ2v) is 7.13. The zero-order chi connectivity index (χ0) is 20.2. The molecule has 0 spiro atoms. The molecular formula is C22H33N5O2. The second-order valence-electron chi connectivity index (χ2n) is 7.13. The monoisotopic (exact) mass is 399 g/mol. The number of hydrogen-bond donors (Lipinski definition) is 2. The van der Waals surface area contributed by atoms with Gasteiger partial charge in [0.2, 0.25) is 0 Å². The number of para-hydroxylation sites is 1. The highest BCUT2D eigenvalue weighted by Gasteiger charge is 2.14. The van der Waals surface area contributed by atoms with Crippen molar-refractivity contribution in [2.24, 2.45) is 4.99 Å². The fourth-order valence-electron chi connectivity index (χ4n) is 3.23. The highest BCUT2D eigenvalue weighted by atomic mass is 16.5. The maximum absolute atomic E-state index is 5.69. The van der Waals surface area contributed by atoms with Crippen molar-refractivity contribution in [3.05, 3.63) is 48.3 Å².